The number of benzene rings is 1. The van der Waals surface area contributed by atoms with Crippen LogP contribution in [0.4, 0.5) is 5.69 Å². The molecule has 0 amide bonds. The van der Waals surface area contributed by atoms with Gasteiger partial charge in [0.05, 0.1) is 13.2 Å². The van der Waals surface area contributed by atoms with E-state index in [4.69, 9.17) is 15.2 Å². The summed E-state index contributed by atoms with van der Waals surface area (Å²) in [5, 5.41) is 0. The highest BCUT2D eigenvalue weighted by atomic mass is 16.5. The van der Waals surface area contributed by atoms with Crippen LogP contribution in [-0.2, 0) is 4.74 Å². The van der Waals surface area contributed by atoms with Gasteiger partial charge in [0, 0.05) is 11.8 Å². The van der Waals surface area contributed by atoms with Gasteiger partial charge in [0.15, 0.2) is 0 Å². The summed E-state index contributed by atoms with van der Waals surface area (Å²) in [6.07, 6.45) is 1.85. The molecule has 0 aliphatic rings. The average molecular weight is 237 g/mol. The number of nitrogens with two attached hydrogens (primary N) is 1. The second kappa shape index (κ2) is 6.13. The van der Waals surface area contributed by atoms with Gasteiger partial charge in [-0.3, -0.25) is 0 Å². The zero-order chi connectivity index (χ0) is 12.8. The molecule has 1 aromatic rings. The number of anilines is 1. The fraction of sp³-hybridized carbons (Fsp3) is 0.462. The lowest BCUT2D eigenvalue weighted by atomic mass is 10.1. The van der Waals surface area contributed by atoms with Crippen molar-refractivity contribution in [3.63, 3.8) is 0 Å². The van der Waals surface area contributed by atoms with E-state index in [-0.39, 0.29) is 6.10 Å². The normalized spacial score (nSPS) is 10.4. The lowest BCUT2D eigenvalue weighted by molar-refractivity contribution is 0.0592. The first-order chi connectivity index (χ1) is 8.12. The minimum absolute atomic E-state index is 0.0835. The van der Waals surface area contributed by atoms with E-state index < -0.39 is 5.97 Å². The van der Waals surface area contributed by atoms with Gasteiger partial charge in [-0.15, -0.1) is 0 Å². The summed E-state index contributed by atoms with van der Waals surface area (Å²) in [7, 11) is 1.35. The van der Waals surface area contributed by atoms with Gasteiger partial charge in [-0.1, -0.05) is 13.8 Å². The number of hydrogen-bond donors (Lipinski definition) is 1. The molecule has 1 rings (SSSR count). The zero-order valence-corrected chi connectivity index (χ0v) is 10.5. The topological polar surface area (TPSA) is 61.5 Å². The predicted octanol–water partition coefficient (Wildman–Crippen LogP) is 2.62. The van der Waals surface area contributed by atoms with Crippen LogP contribution in [0.15, 0.2) is 18.2 Å². The number of carbonyl (C=O) groups is 1. The molecule has 4 heteroatoms. The van der Waals surface area contributed by atoms with E-state index in [9.17, 15) is 4.79 Å². The van der Waals surface area contributed by atoms with E-state index in [1.54, 1.807) is 18.2 Å². The van der Waals surface area contributed by atoms with Crippen molar-refractivity contribution < 1.29 is 14.3 Å². The second-order valence-electron chi connectivity index (χ2n) is 3.80. The summed E-state index contributed by atoms with van der Waals surface area (Å²) in [5.41, 5.74) is 6.67. The maximum Gasteiger partial charge on any atom is 0.341 e. The molecule has 94 valence electrons. The van der Waals surface area contributed by atoms with E-state index in [1.807, 2.05) is 13.8 Å². The number of ether oxygens (including phenoxy) is 2. The summed E-state index contributed by atoms with van der Waals surface area (Å²) in [6, 6.07) is 4.94. The highest BCUT2D eigenvalue weighted by molar-refractivity contribution is 5.93. The van der Waals surface area contributed by atoms with Crippen LogP contribution in [0.3, 0.4) is 0 Å². The number of esters is 1. The smallest absolute Gasteiger partial charge is 0.341 e. The molecule has 0 fully saturated rings. The molecule has 0 radical (unpaired) electrons. The average Bonchev–Trinajstić information content (AvgIpc) is 2.35. The first-order valence-corrected chi connectivity index (χ1v) is 5.76. The van der Waals surface area contributed by atoms with Crippen molar-refractivity contribution in [3.05, 3.63) is 23.8 Å². The molecule has 4 nitrogen and oxygen atoms in total. The van der Waals surface area contributed by atoms with Crippen LogP contribution < -0.4 is 10.5 Å². The molecule has 0 saturated carbocycles. The van der Waals surface area contributed by atoms with Gasteiger partial charge in [0.1, 0.15) is 11.3 Å². The van der Waals surface area contributed by atoms with Crippen LogP contribution in [0.5, 0.6) is 5.75 Å². The van der Waals surface area contributed by atoms with E-state index in [1.165, 1.54) is 7.11 Å². The number of methoxy groups -OCH3 is 1. The highest BCUT2D eigenvalue weighted by Crippen LogP contribution is 2.25. The molecule has 0 aliphatic heterocycles. The summed E-state index contributed by atoms with van der Waals surface area (Å²) in [5.74, 6) is 0.0801. The number of rotatable bonds is 5. The predicted molar refractivity (Wildman–Crippen MR) is 67.2 cm³/mol. The molecule has 0 spiro atoms. The Balaban J connectivity index is 3.02. The van der Waals surface area contributed by atoms with Gasteiger partial charge in [0.2, 0.25) is 0 Å². The van der Waals surface area contributed by atoms with E-state index in [0.29, 0.717) is 17.0 Å². The minimum atomic E-state index is -0.411. The molecular formula is C13H19NO3. The van der Waals surface area contributed by atoms with Gasteiger partial charge in [0.25, 0.3) is 0 Å². The summed E-state index contributed by atoms with van der Waals surface area (Å²) < 4.78 is 10.5. The van der Waals surface area contributed by atoms with Gasteiger partial charge < -0.3 is 15.2 Å². The third-order valence-electron chi connectivity index (χ3n) is 2.62. The van der Waals surface area contributed by atoms with Crippen LogP contribution in [0.25, 0.3) is 0 Å². The Kier molecular flexibility index (Phi) is 4.82. The molecule has 17 heavy (non-hydrogen) atoms. The zero-order valence-electron chi connectivity index (χ0n) is 10.5. The Labute approximate surface area is 102 Å². The van der Waals surface area contributed by atoms with Gasteiger partial charge >= 0.3 is 5.97 Å². The Morgan fingerprint density at radius 3 is 2.53 bits per heavy atom. The van der Waals surface area contributed by atoms with E-state index in [0.717, 1.165) is 12.8 Å². The first-order valence-electron chi connectivity index (χ1n) is 5.76. The van der Waals surface area contributed by atoms with Crippen molar-refractivity contribution in [2.24, 2.45) is 0 Å². The molecule has 1 aromatic carbocycles. The lowest BCUT2D eigenvalue weighted by Crippen LogP contribution is -2.16. The van der Waals surface area contributed by atoms with E-state index >= 15 is 0 Å². The quantitative estimate of drug-likeness (QED) is 0.631. The molecule has 0 atom stereocenters. The molecule has 2 N–H and O–H groups in total. The van der Waals surface area contributed by atoms with Crippen molar-refractivity contribution in [2.75, 3.05) is 12.8 Å². The van der Waals surface area contributed by atoms with Crippen LogP contribution >= 0.6 is 0 Å². The highest BCUT2D eigenvalue weighted by Gasteiger charge is 2.15. The molecule has 0 aliphatic carbocycles. The fourth-order valence-electron chi connectivity index (χ4n) is 1.55. The van der Waals surface area contributed by atoms with Crippen molar-refractivity contribution in [2.45, 2.75) is 32.8 Å². The first kappa shape index (κ1) is 13.4. The Bertz CT molecular complexity index is 386. The van der Waals surface area contributed by atoms with E-state index in [2.05, 4.69) is 0 Å². The monoisotopic (exact) mass is 237 g/mol. The number of hydrogen-bond acceptors (Lipinski definition) is 4. The largest absolute Gasteiger partial charge is 0.489 e. The summed E-state index contributed by atoms with van der Waals surface area (Å²) >= 11 is 0. The summed E-state index contributed by atoms with van der Waals surface area (Å²) in [6.45, 7) is 4.08. The molecule has 0 saturated heterocycles. The number of carbonyl (C=O) groups excluding carboxylic acids is 1. The standard InChI is InChI=1S/C13H19NO3/c1-4-10(5-2)17-12-8-9(14)6-7-11(12)13(15)16-3/h6-8,10H,4-5,14H2,1-3H3. The Morgan fingerprint density at radius 1 is 1.35 bits per heavy atom. The second-order valence-corrected chi connectivity index (χ2v) is 3.80. The molecule has 0 unspecified atom stereocenters. The van der Waals surface area contributed by atoms with Crippen LogP contribution in [0.2, 0.25) is 0 Å². The third kappa shape index (κ3) is 3.37. The third-order valence-corrected chi connectivity index (χ3v) is 2.62. The van der Waals surface area contributed by atoms with Crippen LogP contribution in [0.1, 0.15) is 37.0 Å². The van der Waals surface area contributed by atoms with Crippen molar-refractivity contribution >= 4 is 11.7 Å². The van der Waals surface area contributed by atoms with Gasteiger partial charge in [-0.05, 0) is 25.0 Å². The molecule has 0 aromatic heterocycles. The molecule has 0 heterocycles. The maximum absolute atomic E-state index is 11.6. The number of nitrogen functional groups attached to an aromatic ring is 1. The van der Waals surface area contributed by atoms with Crippen molar-refractivity contribution in [1.29, 1.82) is 0 Å². The van der Waals surface area contributed by atoms with Crippen LogP contribution in [-0.4, -0.2) is 19.2 Å². The maximum atomic E-state index is 11.6. The fourth-order valence-corrected chi connectivity index (χ4v) is 1.55. The Morgan fingerprint density at radius 2 is 2.00 bits per heavy atom. The Hall–Kier alpha value is -1.71. The SMILES string of the molecule is CCC(CC)Oc1cc(N)ccc1C(=O)OC. The van der Waals surface area contributed by atoms with Gasteiger partial charge in [-0.2, -0.15) is 0 Å². The van der Waals surface area contributed by atoms with Crippen molar-refractivity contribution in [1.82, 2.24) is 0 Å². The molecule has 0 bridgehead atoms. The minimum Gasteiger partial charge on any atom is -0.489 e. The lowest BCUT2D eigenvalue weighted by Gasteiger charge is -2.18. The van der Waals surface area contributed by atoms with Crippen LogP contribution in [0, 0.1) is 0 Å². The summed E-state index contributed by atoms with van der Waals surface area (Å²) in [4.78, 5) is 11.6. The van der Waals surface area contributed by atoms with Crippen molar-refractivity contribution in [3.8, 4) is 5.75 Å². The van der Waals surface area contributed by atoms with Gasteiger partial charge in [-0.25, -0.2) is 4.79 Å². The molecular weight excluding hydrogens is 218 g/mol.